The first kappa shape index (κ1) is 10.7. The summed E-state index contributed by atoms with van der Waals surface area (Å²) < 4.78 is 66.0. The molecule has 0 aromatic carbocycles. The fraction of sp³-hybridized carbons (Fsp3) is 0.714. The highest BCUT2D eigenvalue weighted by atomic mass is 32.2. The number of hydrogen-bond acceptors (Lipinski definition) is 4. The Labute approximate surface area is 83.8 Å². The van der Waals surface area contributed by atoms with Crippen LogP contribution < -0.4 is 0 Å². The van der Waals surface area contributed by atoms with Gasteiger partial charge >= 0.3 is 15.6 Å². The van der Waals surface area contributed by atoms with E-state index in [1.54, 1.807) is 0 Å². The molecular weight excluding hydrogens is 237 g/mol. The van der Waals surface area contributed by atoms with Crippen LogP contribution in [-0.4, -0.2) is 26.1 Å². The molecule has 4 nitrogen and oxygen atoms in total. The molecule has 0 aromatic rings. The van der Waals surface area contributed by atoms with Gasteiger partial charge in [0, 0.05) is 0 Å². The van der Waals surface area contributed by atoms with Crippen molar-refractivity contribution < 1.29 is 30.5 Å². The van der Waals surface area contributed by atoms with Crippen molar-refractivity contribution in [3.63, 3.8) is 0 Å². The number of rotatable bonds is 2. The van der Waals surface area contributed by atoms with Crippen molar-refractivity contribution in [3.8, 4) is 0 Å². The summed E-state index contributed by atoms with van der Waals surface area (Å²) in [4.78, 5) is 0. The molecule has 0 bridgehead atoms. The first-order valence-electron chi connectivity index (χ1n) is 4.17. The van der Waals surface area contributed by atoms with Crippen LogP contribution in [0.25, 0.3) is 0 Å². The van der Waals surface area contributed by atoms with Crippen molar-refractivity contribution in [1.29, 1.82) is 0 Å². The molecule has 2 aliphatic rings. The standard InChI is InChI=1S/C7H7F3O4S/c8-7(9,10)15(11,12)14-5-3-1-2-4-6(5)13-4/h3-4,6H,1-2H2/t4-,6-/m0/s1. The largest absolute Gasteiger partial charge is 0.534 e. The Hall–Kier alpha value is -0.760. The Morgan fingerprint density at radius 3 is 2.73 bits per heavy atom. The molecule has 0 amide bonds. The zero-order valence-corrected chi connectivity index (χ0v) is 8.14. The predicted octanol–water partition coefficient (Wildman–Crippen LogP) is 1.30. The average Bonchev–Trinajstić information content (AvgIpc) is 2.80. The molecule has 1 saturated heterocycles. The van der Waals surface area contributed by atoms with Gasteiger partial charge in [0.2, 0.25) is 0 Å². The van der Waals surface area contributed by atoms with Crippen LogP contribution in [0.4, 0.5) is 13.2 Å². The van der Waals surface area contributed by atoms with E-state index < -0.39 is 21.7 Å². The number of hydrogen-bond donors (Lipinski definition) is 0. The molecule has 0 radical (unpaired) electrons. The molecule has 1 aliphatic carbocycles. The van der Waals surface area contributed by atoms with Gasteiger partial charge in [-0.2, -0.15) is 21.6 Å². The first-order valence-corrected chi connectivity index (χ1v) is 5.58. The van der Waals surface area contributed by atoms with E-state index >= 15 is 0 Å². The smallest absolute Gasteiger partial charge is 0.378 e. The maximum atomic E-state index is 11.9. The van der Waals surface area contributed by atoms with Crippen LogP contribution >= 0.6 is 0 Å². The Kier molecular flexibility index (Phi) is 2.23. The number of alkyl halides is 3. The summed E-state index contributed by atoms with van der Waals surface area (Å²) in [5, 5.41) is 0. The average molecular weight is 244 g/mol. The summed E-state index contributed by atoms with van der Waals surface area (Å²) in [6.07, 6.45) is 1.66. The maximum absolute atomic E-state index is 11.9. The molecule has 0 spiro atoms. The minimum Gasteiger partial charge on any atom is -0.378 e. The molecule has 15 heavy (non-hydrogen) atoms. The normalized spacial score (nSPS) is 30.5. The van der Waals surface area contributed by atoms with Crippen LogP contribution in [0.1, 0.15) is 12.8 Å². The summed E-state index contributed by atoms with van der Waals surface area (Å²) >= 11 is 0. The SMILES string of the molecule is O=S(=O)(OC1=CCC[C@@H]2O[C@H]12)C(F)(F)F. The number of fused-ring (bicyclic) bond motifs is 1. The third-order valence-electron chi connectivity index (χ3n) is 2.15. The van der Waals surface area contributed by atoms with Gasteiger partial charge in [0.15, 0.2) is 0 Å². The Morgan fingerprint density at radius 2 is 2.13 bits per heavy atom. The molecule has 86 valence electrons. The second-order valence-electron chi connectivity index (χ2n) is 3.26. The summed E-state index contributed by atoms with van der Waals surface area (Å²) in [6.45, 7) is 0. The van der Waals surface area contributed by atoms with Crippen LogP contribution in [0.3, 0.4) is 0 Å². The van der Waals surface area contributed by atoms with Crippen molar-refractivity contribution in [3.05, 3.63) is 11.8 Å². The maximum Gasteiger partial charge on any atom is 0.534 e. The van der Waals surface area contributed by atoms with E-state index in [0.717, 1.165) is 0 Å². The van der Waals surface area contributed by atoms with Crippen molar-refractivity contribution in [2.75, 3.05) is 0 Å². The molecular formula is C7H7F3O4S. The van der Waals surface area contributed by atoms with Gasteiger partial charge in [-0.3, -0.25) is 0 Å². The van der Waals surface area contributed by atoms with Gasteiger partial charge in [0.1, 0.15) is 11.9 Å². The van der Waals surface area contributed by atoms with Crippen LogP contribution in [-0.2, 0) is 19.0 Å². The fourth-order valence-electron chi connectivity index (χ4n) is 1.37. The highest BCUT2D eigenvalue weighted by molar-refractivity contribution is 7.87. The van der Waals surface area contributed by atoms with Crippen molar-refractivity contribution >= 4 is 10.1 Å². The molecule has 0 aromatic heterocycles. The van der Waals surface area contributed by atoms with E-state index in [1.807, 2.05) is 0 Å². The summed E-state index contributed by atoms with van der Waals surface area (Å²) in [6, 6.07) is 0. The van der Waals surface area contributed by atoms with Crippen LogP contribution in [0.5, 0.6) is 0 Å². The van der Waals surface area contributed by atoms with Gasteiger partial charge in [0.25, 0.3) is 0 Å². The minimum absolute atomic E-state index is 0.187. The van der Waals surface area contributed by atoms with E-state index in [9.17, 15) is 21.6 Å². The lowest BCUT2D eigenvalue weighted by atomic mass is 10.1. The van der Waals surface area contributed by atoms with Gasteiger partial charge in [0.05, 0.1) is 6.10 Å². The molecule has 0 unspecified atom stereocenters. The Bertz CT molecular complexity index is 397. The van der Waals surface area contributed by atoms with Crippen molar-refractivity contribution in [2.24, 2.45) is 0 Å². The highest BCUT2D eigenvalue weighted by Crippen LogP contribution is 2.39. The lowest BCUT2D eigenvalue weighted by Gasteiger charge is -2.12. The minimum atomic E-state index is -5.55. The van der Waals surface area contributed by atoms with Gasteiger partial charge < -0.3 is 8.92 Å². The predicted molar refractivity (Wildman–Crippen MR) is 42.0 cm³/mol. The molecule has 2 rings (SSSR count). The fourth-order valence-corrected chi connectivity index (χ4v) is 1.88. The number of epoxide rings is 1. The third kappa shape index (κ3) is 1.96. The van der Waals surface area contributed by atoms with Crippen LogP contribution in [0.2, 0.25) is 0 Å². The summed E-state index contributed by atoms with van der Waals surface area (Å²) in [5.74, 6) is -0.247. The van der Waals surface area contributed by atoms with Gasteiger partial charge in [-0.25, -0.2) is 0 Å². The molecule has 1 heterocycles. The molecule has 8 heteroatoms. The number of allylic oxidation sites excluding steroid dienone is 1. The zero-order chi connectivity index (χ0) is 11.3. The molecule has 2 atom stereocenters. The van der Waals surface area contributed by atoms with Gasteiger partial charge in [-0.1, -0.05) is 0 Å². The molecule has 0 N–H and O–H groups in total. The Morgan fingerprint density at radius 1 is 1.47 bits per heavy atom. The topological polar surface area (TPSA) is 55.9 Å². The molecule has 1 fully saturated rings. The van der Waals surface area contributed by atoms with Crippen molar-refractivity contribution in [1.82, 2.24) is 0 Å². The van der Waals surface area contributed by atoms with Crippen molar-refractivity contribution in [2.45, 2.75) is 30.6 Å². The van der Waals surface area contributed by atoms with Gasteiger partial charge in [-0.15, -0.1) is 0 Å². The monoisotopic (exact) mass is 244 g/mol. The lowest BCUT2D eigenvalue weighted by Crippen LogP contribution is -2.26. The van der Waals surface area contributed by atoms with Crippen LogP contribution in [0.15, 0.2) is 11.8 Å². The lowest BCUT2D eigenvalue weighted by molar-refractivity contribution is -0.0524. The van der Waals surface area contributed by atoms with Gasteiger partial charge in [-0.05, 0) is 18.9 Å². The molecule has 0 saturated carbocycles. The van der Waals surface area contributed by atoms with E-state index in [0.29, 0.717) is 12.8 Å². The molecule has 1 aliphatic heterocycles. The zero-order valence-electron chi connectivity index (χ0n) is 7.32. The second-order valence-corrected chi connectivity index (χ2v) is 4.80. The van der Waals surface area contributed by atoms with E-state index in [4.69, 9.17) is 4.74 Å². The van der Waals surface area contributed by atoms with E-state index in [-0.39, 0.29) is 11.9 Å². The second kappa shape index (κ2) is 3.11. The summed E-state index contributed by atoms with van der Waals surface area (Å²) in [5.41, 5.74) is -5.39. The van der Waals surface area contributed by atoms with E-state index in [1.165, 1.54) is 6.08 Å². The third-order valence-corrected chi connectivity index (χ3v) is 3.13. The highest BCUT2D eigenvalue weighted by Gasteiger charge is 2.52. The summed E-state index contributed by atoms with van der Waals surface area (Å²) in [7, 11) is -5.55. The van der Waals surface area contributed by atoms with E-state index in [2.05, 4.69) is 4.18 Å². The Balaban J connectivity index is 2.12. The first-order chi connectivity index (χ1) is 6.81. The van der Waals surface area contributed by atoms with Crippen LogP contribution in [0, 0.1) is 0 Å². The quantitative estimate of drug-likeness (QED) is 0.417. The number of halogens is 3. The number of ether oxygens (including phenoxy) is 1.